The van der Waals surface area contributed by atoms with Gasteiger partial charge < -0.3 is 14.5 Å². The maximum Gasteiger partial charge on any atom is 0.161 e. The molecule has 4 rings (SSSR count). The van der Waals surface area contributed by atoms with Crippen LogP contribution in [0.25, 0.3) is 22.7 Å². The van der Waals surface area contributed by atoms with Crippen LogP contribution in [0, 0.1) is 22.7 Å². The lowest BCUT2D eigenvalue weighted by Gasteiger charge is -2.13. The van der Waals surface area contributed by atoms with Crippen LogP contribution in [0.15, 0.2) is 66.7 Å². The molecule has 0 atom stereocenters. The summed E-state index contributed by atoms with van der Waals surface area (Å²) in [4.78, 5) is 7.69. The predicted molar refractivity (Wildman–Crippen MR) is 123 cm³/mol. The molecular weight excluding hydrogens is 400 g/mol. The van der Waals surface area contributed by atoms with Crippen LogP contribution in [-0.4, -0.2) is 16.6 Å². The molecule has 0 aliphatic heterocycles. The van der Waals surface area contributed by atoms with Crippen molar-refractivity contribution in [2.75, 3.05) is 6.61 Å². The van der Waals surface area contributed by atoms with Crippen molar-refractivity contribution in [2.24, 2.45) is 0 Å². The maximum atomic E-state index is 9.69. The first-order valence-electron chi connectivity index (χ1n) is 10.2. The highest BCUT2D eigenvalue weighted by Gasteiger charge is 2.11. The third-order valence-electron chi connectivity index (χ3n) is 4.86. The van der Waals surface area contributed by atoms with Gasteiger partial charge in [0, 0.05) is 5.56 Å². The maximum absolute atomic E-state index is 9.69. The lowest BCUT2D eigenvalue weighted by Crippen LogP contribution is -2.01. The van der Waals surface area contributed by atoms with Gasteiger partial charge in [0.05, 0.1) is 34.8 Å². The fraction of sp³-hybridized carbons (Fsp3) is 0.115. The average Bonchev–Trinajstić information content (AvgIpc) is 3.26. The number of allylic oxidation sites excluding steroid dienone is 1. The van der Waals surface area contributed by atoms with Gasteiger partial charge in [-0.25, -0.2) is 4.98 Å². The van der Waals surface area contributed by atoms with E-state index < -0.39 is 0 Å². The standard InChI is InChI=1S/C26H20N4O2/c1-2-31-25-14-18(11-12-24(25)32-17-20-8-4-3-7-19(20)15-27)13-21(16-28)26-29-22-9-5-6-10-23(22)30-26/h3-14H,2,17H2,1H3,(H,29,30)/b21-13+. The zero-order valence-electron chi connectivity index (χ0n) is 17.5. The Bertz CT molecular complexity index is 1340. The minimum Gasteiger partial charge on any atom is -0.490 e. The van der Waals surface area contributed by atoms with Crippen molar-refractivity contribution in [1.82, 2.24) is 9.97 Å². The molecule has 1 N–H and O–H groups in total. The number of benzene rings is 3. The van der Waals surface area contributed by atoms with Gasteiger partial charge in [-0.1, -0.05) is 36.4 Å². The number of imidazole rings is 1. The summed E-state index contributed by atoms with van der Waals surface area (Å²) in [6.45, 7) is 2.61. The third-order valence-corrected chi connectivity index (χ3v) is 4.86. The van der Waals surface area contributed by atoms with Gasteiger partial charge in [-0.3, -0.25) is 0 Å². The number of para-hydroxylation sites is 2. The monoisotopic (exact) mass is 420 g/mol. The van der Waals surface area contributed by atoms with Crippen molar-refractivity contribution in [3.63, 3.8) is 0 Å². The molecular formula is C26H20N4O2. The van der Waals surface area contributed by atoms with Crippen LogP contribution in [0.1, 0.15) is 29.4 Å². The number of hydrogen-bond acceptors (Lipinski definition) is 5. The van der Waals surface area contributed by atoms with E-state index in [0.29, 0.717) is 35.1 Å². The number of nitrogens with zero attached hydrogens (tertiary/aromatic N) is 3. The molecule has 4 aromatic rings. The van der Waals surface area contributed by atoms with Crippen LogP contribution in [0.3, 0.4) is 0 Å². The molecule has 0 aliphatic rings. The van der Waals surface area contributed by atoms with Crippen LogP contribution in [0.2, 0.25) is 0 Å². The summed E-state index contributed by atoms with van der Waals surface area (Å²) in [6, 6.07) is 24.8. The molecule has 1 heterocycles. The predicted octanol–water partition coefficient (Wildman–Crippen LogP) is 5.48. The van der Waals surface area contributed by atoms with Gasteiger partial charge in [0.25, 0.3) is 0 Å². The summed E-state index contributed by atoms with van der Waals surface area (Å²) in [6.07, 6.45) is 1.76. The molecule has 0 saturated heterocycles. The number of rotatable bonds is 7. The number of aromatic amines is 1. The quantitative estimate of drug-likeness (QED) is 0.400. The summed E-state index contributed by atoms with van der Waals surface area (Å²) in [5, 5.41) is 19.0. The Morgan fingerprint density at radius 2 is 1.81 bits per heavy atom. The molecule has 32 heavy (non-hydrogen) atoms. The lowest BCUT2D eigenvalue weighted by molar-refractivity contribution is 0.269. The third kappa shape index (κ3) is 4.45. The van der Waals surface area contributed by atoms with E-state index in [1.165, 1.54) is 0 Å². The zero-order chi connectivity index (χ0) is 22.3. The minimum atomic E-state index is 0.251. The number of nitriles is 2. The van der Waals surface area contributed by atoms with Gasteiger partial charge in [-0.15, -0.1) is 0 Å². The number of hydrogen-bond donors (Lipinski definition) is 1. The topological polar surface area (TPSA) is 94.7 Å². The smallest absolute Gasteiger partial charge is 0.161 e. The Morgan fingerprint density at radius 1 is 1.00 bits per heavy atom. The highest BCUT2D eigenvalue weighted by Crippen LogP contribution is 2.31. The van der Waals surface area contributed by atoms with Crippen molar-refractivity contribution < 1.29 is 9.47 Å². The molecule has 6 heteroatoms. The Kier molecular flexibility index (Phi) is 6.15. The average molecular weight is 420 g/mol. The fourth-order valence-electron chi connectivity index (χ4n) is 3.31. The fourth-order valence-corrected chi connectivity index (χ4v) is 3.31. The first-order chi connectivity index (χ1) is 15.7. The molecule has 0 saturated carbocycles. The molecule has 0 radical (unpaired) electrons. The van der Waals surface area contributed by atoms with Gasteiger partial charge in [0.1, 0.15) is 18.5 Å². The lowest BCUT2D eigenvalue weighted by atomic mass is 10.1. The second kappa shape index (κ2) is 9.51. The van der Waals surface area contributed by atoms with Crippen LogP contribution in [-0.2, 0) is 6.61 Å². The molecule has 0 aliphatic carbocycles. The highest BCUT2D eigenvalue weighted by atomic mass is 16.5. The van der Waals surface area contributed by atoms with E-state index in [9.17, 15) is 10.5 Å². The normalized spacial score (nSPS) is 11.0. The van der Waals surface area contributed by atoms with Gasteiger partial charge in [0.15, 0.2) is 11.5 Å². The minimum absolute atomic E-state index is 0.251. The number of aromatic nitrogens is 2. The molecule has 156 valence electrons. The van der Waals surface area contributed by atoms with Crippen LogP contribution < -0.4 is 9.47 Å². The number of nitrogens with one attached hydrogen (secondary N) is 1. The summed E-state index contributed by atoms with van der Waals surface area (Å²) in [5.74, 6) is 1.65. The molecule has 6 nitrogen and oxygen atoms in total. The molecule has 0 bridgehead atoms. The van der Waals surface area contributed by atoms with Gasteiger partial charge in [0.2, 0.25) is 0 Å². The van der Waals surface area contributed by atoms with Crippen LogP contribution >= 0.6 is 0 Å². The van der Waals surface area contributed by atoms with E-state index in [-0.39, 0.29) is 6.61 Å². The Labute approximate surface area is 186 Å². The summed E-state index contributed by atoms with van der Waals surface area (Å²) in [5.41, 5.74) is 4.27. The largest absolute Gasteiger partial charge is 0.490 e. The molecule has 0 spiro atoms. The second-order valence-electron chi connectivity index (χ2n) is 6.97. The molecule has 0 amide bonds. The summed E-state index contributed by atoms with van der Waals surface area (Å²) < 4.78 is 11.7. The van der Waals surface area contributed by atoms with Gasteiger partial charge >= 0.3 is 0 Å². The summed E-state index contributed by atoms with van der Waals surface area (Å²) >= 11 is 0. The first kappa shape index (κ1) is 20.7. The molecule has 0 unspecified atom stereocenters. The van der Waals surface area contributed by atoms with E-state index in [1.54, 1.807) is 18.2 Å². The Morgan fingerprint density at radius 3 is 2.59 bits per heavy atom. The van der Waals surface area contributed by atoms with E-state index in [2.05, 4.69) is 22.1 Å². The SMILES string of the molecule is CCOc1cc(/C=C(\C#N)c2nc3ccccc3[nH]2)ccc1OCc1ccccc1C#N. The number of fused-ring (bicyclic) bond motifs is 1. The Hall–Kier alpha value is -4.55. The van der Waals surface area contributed by atoms with E-state index in [4.69, 9.17) is 9.47 Å². The summed E-state index contributed by atoms with van der Waals surface area (Å²) in [7, 11) is 0. The van der Waals surface area contributed by atoms with E-state index in [1.807, 2.05) is 61.5 Å². The van der Waals surface area contributed by atoms with Crippen molar-refractivity contribution in [3.05, 3.63) is 89.2 Å². The van der Waals surface area contributed by atoms with Crippen LogP contribution in [0.5, 0.6) is 11.5 Å². The molecule has 0 fully saturated rings. The van der Waals surface area contributed by atoms with E-state index >= 15 is 0 Å². The number of ether oxygens (including phenoxy) is 2. The van der Waals surface area contributed by atoms with Crippen LogP contribution in [0.4, 0.5) is 0 Å². The Balaban J connectivity index is 1.61. The first-order valence-corrected chi connectivity index (χ1v) is 10.2. The zero-order valence-corrected chi connectivity index (χ0v) is 17.5. The van der Waals surface area contributed by atoms with Crippen molar-refractivity contribution in [1.29, 1.82) is 10.5 Å². The second-order valence-corrected chi connectivity index (χ2v) is 6.97. The molecule has 3 aromatic carbocycles. The van der Waals surface area contributed by atoms with Crippen molar-refractivity contribution in [3.8, 4) is 23.6 Å². The molecule has 1 aromatic heterocycles. The van der Waals surface area contributed by atoms with Crippen molar-refractivity contribution in [2.45, 2.75) is 13.5 Å². The number of H-pyrrole nitrogens is 1. The van der Waals surface area contributed by atoms with Gasteiger partial charge in [-0.05, 0) is 48.9 Å². The van der Waals surface area contributed by atoms with Gasteiger partial charge in [-0.2, -0.15) is 10.5 Å². The van der Waals surface area contributed by atoms with E-state index in [0.717, 1.165) is 22.2 Å². The highest BCUT2D eigenvalue weighted by molar-refractivity contribution is 5.90. The van der Waals surface area contributed by atoms with Crippen molar-refractivity contribution >= 4 is 22.7 Å².